The van der Waals surface area contributed by atoms with E-state index < -0.39 is 0 Å². The van der Waals surface area contributed by atoms with Crippen LogP contribution >= 0.6 is 11.6 Å². The summed E-state index contributed by atoms with van der Waals surface area (Å²) in [5.41, 5.74) is 4.38. The van der Waals surface area contributed by atoms with Crippen LogP contribution in [0.25, 0.3) is 11.1 Å². The molecule has 132 valence electrons. The molecule has 3 aromatic carbocycles. The Bertz CT molecular complexity index is 873. The number of benzene rings is 3. The molecule has 0 saturated carbocycles. The third-order valence-electron chi connectivity index (χ3n) is 4.04. The molecule has 0 fully saturated rings. The number of hydrogen-bond acceptors (Lipinski definition) is 2. The second-order valence-electron chi connectivity index (χ2n) is 6.05. The fourth-order valence-corrected chi connectivity index (χ4v) is 2.73. The molecular formula is C22H20ClNO2. The lowest BCUT2D eigenvalue weighted by Gasteiger charge is -2.09. The van der Waals surface area contributed by atoms with Gasteiger partial charge in [-0.15, -0.1) is 0 Å². The maximum absolute atomic E-state index is 11.9. The maximum atomic E-state index is 11.9. The molecule has 1 amide bonds. The number of halogens is 1. The van der Waals surface area contributed by atoms with Gasteiger partial charge in [0.05, 0.1) is 0 Å². The monoisotopic (exact) mass is 365 g/mol. The van der Waals surface area contributed by atoms with Gasteiger partial charge >= 0.3 is 0 Å². The van der Waals surface area contributed by atoms with Crippen molar-refractivity contribution in [2.75, 3.05) is 6.61 Å². The van der Waals surface area contributed by atoms with Crippen molar-refractivity contribution < 1.29 is 9.53 Å². The number of aryl methyl sites for hydroxylation is 1. The number of hydrogen-bond donors (Lipinski definition) is 1. The van der Waals surface area contributed by atoms with E-state index in [4.69, 9.17) is 16.3 Å². The van der Waals surface area contributed by atoms with Gasteiger partial charge < -0.3 is 10.1 Å². The highest BCUT2D eigenvalue weighted by atomic mass is 35.5. The van der Waals surface area contributed by atoms with Crippen molar-refractivity contribution in [1.82, 2.24) is 5.32 Å². The lowest BCUT2D eigenvalue weighted by atomic mass is 10.0. The first-order valence-electron chi connectivity index (χ1n) is 8.42. The molecule has 0 aromatic heterocycles. The maximum Gasteiger partial charge on any atom is 0.258 e. The fourth-order valence-electron chi connectivity index (χ4n) is 2.53. The van der Waals surface area contributed by atoms with Crippen molar-refractivity contribution in [3.8, 4) is 16.9 Å². The molecule has 0 aliphatic carbocycles. The predicted molar refractivity (Wildman–Crippen MR) is 105 cm³/mol. The van der Waals surface area contributed by atoms with Gasteiger partial charge in [0, 0.05) is 11.6 Å². The third kappa shape index (κ3) is 4.87. The first kappa shape index (κ1) is 18.0. The Labute approximate surface area is 158 Å². The quantitative estimate of drug-likeness (QED) is 0.666. The first-order chi connectivity index (χ1) is 12.6. The van der Waals surface area contributed by atoms with Crippen LogP contribution in [0.15, 0.2) is 72.8 Å². The summed E-state index contributed by atoms with van der Waals surface area (Å²) < 4.78 is 5.55. The Morgan fingerprint density at radius 3 is 2.19 bits per heavy atom. The third-order valence-corrected chi connectivity index (χ3v) is 4.41. The smallest absolute Gasteiger partial charge is 0.258 e. The van der Waals surface area contributed by atoms with E-state index in [0.29, 0.717) is 17.3 Å². The molecule has 0 atom stereocenters. The average Bonchev–Trinajstić information content (AvgIpc) is 2.67. The minimum absolute atomic E-state index is 0.0334. The molecule has 4 heteroatoms. The lowest BCUT2D eigenvalue weighted by Crippen LogP contribution is -2.28. The van der Waals surface area contributed by atoms with Gasteiger partial charge in [-0.2, -0.15) is 0 Å². The molecule has 0 unspecified atom stereocenters. The van der Waals surface area contributed by atoms with Crippen LogP contribution in [-0.4, -0.2) is 12.5 Å². The van der Waals surface area contributed by atoms with Crippen LogP contribution in [0.2, 0.25) is 5.02 Å². The highest BCUT2D eigenvalue weighted by Crippen LogP contribution is 2.22. The van der Waals surface area contributed by atoms with Crippen molar-refractivity contribution in [2.45, 2.75) is 13.5 Å². The van der Waals surface area contributed by atoms with Gasteiger partial charge in [-0.25, -0.2) is 0 Å². The Morgan fingerprint density at radius 2 is 1.54 bits per heavy atom. The predicted octanol–water partition coefficient (Wildman–Crippen LogP) is 5.01. The van der Waals surface area contributed by atoms with Crippen molar-refractivity contribution in [3.05, 3.63) is 88.9 Å². The Kier molecular flexibility index (Phi) is 5.92. The zero-order chi connectivity index (χ0) is 18.4. The zero-order valence-corrected chi connectivity index (χ0v) is 15.3. The molecule has 0 saturated heterocycles. The van der Waals surface area contributed by atoms with Crippen LogP contribution in [-0.2, 0) is 11.3 Å². The highest BCUT2D eigenvalue weighted by molar-refractivity contribution is 6.31. The van der Waals surface area contributed by atoms with E-state index in [0.717, 1.165) is 16.7 Å². The molecule has 3 nitrogen and oxygen atoms in total. The van der Waals surface area contributed by atoms with E-state index in [-0.39, 0.29) is 12.5 Å². The summed E-state index contributed by atoms with van der Waals surface area (Å²) in [5.74, 6) is 0.473. The molecule has 0 heterocycles. The summed E-state index contributed by atoms with van der Waals surface area (Å²) in [6.07, 6.45) is 0. The normalized spacial score (nSPS) is 10.4. The molecule has 1 N–H and O–H groups in total. The molecule has 26 heavy (non-hydrogen) atoms. The zero-order valence-electron chi connectivity index (χ0n) is 14.5. The van der Waals surface area contributed by atoms with Gasteiger partial charge in [-0.3, -0.25) is 4.79 Å². The minimum Gasteiger partial charge on any atom is -0.484 e. The number of carbonyl (C=O) groups excluding carboxylic acids is 1. The Morgan fingerprint density at radius 1 is 0.923 bits per heavy atom. The Balaban J connectivity index is 1.50. The van der Waals surface area contributed by atoms with Crippen molar-refractivity contribution >= 4 is 17.5 Å². The number of ether oxygens (including phenoxy) is 1. The highest BCUT2D eigenvalue weighted by Gasteiger charge is 2.05. The van der Waals surface area contributed by atoms with Crippen LogP contribution in [0.5, 0.6) is 5.75 Å². The molecule has 0 radical (unpaired) electrons. The second-order valence-corrected chi connectivity index (χ2v) is 6.45. The molecule has 0 bridgehead atoms. The second kappa shape index (κ2) is 8.54. The van der Waals surface area contributed by atoms with Gasteiger partial charge in [-0.05, 0) is 41.8 Å². The van der Waals surface area contributed by atoms with E-state index in [1.807, 2.05) is 42.5 Å². The molecule has 3 rings (SSSR count). The first-order valence-corrected chi connectivity index (χ1v) is 8.79. The van der Waals surface area contributed by atoms with Crippen LogP contribution in [0.3, 0.4) is 0 Å². The fraction of sp³-hybridized carbons (Fsp3) is 0.136. The molecule has 3 aromatic rings. The summed E-state index contributed by atoms with van der Waals surface area (Å²) in [7, 11) is 0. The van der Waals surface area contributed by atoms with E-state index in [1.165, 1.54) is 5.56 Å². The minimum atomic E-state index is -0.187. The number of nitrogens with one attached hydrogen (secondary N) is 1. The summed E-state index contributed by atoms with van der Waals surface area (Å²) in [6.45, 7) is 2.42. The number of carbonyl (C=O) groups is 1. The van der Waals surface area contributed by atoms with Gasteiger partial charge in [0.25, 0.3) is 5.91 Å². The summed E-state index contributed by atoms with van der Waals surface area (Å²) >= 11 is 6.07. The topological polar surface area (TPSA) is 38.3 Å². The van der Waals surface area contributed by atoms with Gasteiger partial charge in [-0.1, -0.05) is 71.8 Å². The van der Waals surface area contributed by atoms with E-state index in [2.05, 4.69) is 36.5 Å². The molecule has 0 aliphatic heterocycles. The Hall–Kier alpha value is -2.78. The SMILES string of the molecule is Cc1ccc(-c2ccc(OCC(=O)NCc3ccccc3Cl)cc2)cc1. The lowest BCUT2D eigenvalue weighted by molar-refractivity contribution is -0.123. The number of amides is 1. The van der Waals surface area contributed by atoms with Gasteiger partial charge in [0.15, 0.2) is 6.61 Å². The van der Waals surface area contributed by atoms with Crippen LogP contribution in [0.1, 0.15) is 11.1 Å². The summed E-state index contributed by atoms with van der Waals surface area (Å²) in [6, 6.07) is 23.5. The van der Waals surface area contributed by atoms with E-state index in [1.54, 1.807) is 6.07 Å². The van der Waals surface area contributed by atoms with Crippen LogP contribution in [0, 0.1) is 6.92 Å². The summed E-state index contributed by atoms with van der Waals surface area (Å²) in [4.78, 5) is 11.9. The molecular weight excluding hydrogens is 346 g/mol. The van der Waals surface area contributed by atoms with E-state index >= 15 is 0 Å². The van der Waals surface area contributed by atoms with Crippen LogP contribution < -0.4 is 10.1 Å². The average molecular weight is 366 g/mol. The van der Waals surface area contributed by atoms with Crippen molar-refractivity contribution in [1.29, 1.82) is 0 Å². The van der Waals surface area contributed by atoms with Gasteiger partial charge in [0.1, 0.15) is 5.75 Å². The summed E-state index contributed by atoms with van der Waals surface area (Å²) in [5, 5.41) is 3.44. The van der Waals surface area contributed by atoms with Crippen LogP contribution in [0.4, 0.5) is 0 Å². The van der Waals surface area contributed by atoms with Crippen molar-refractivity contribution in [3.63, 3.8) is 0 Å². The van der Waals surface area contributed by atoms with Gasteiger partial charge in [0.2, 0.25) is 0 Å². The standard InChI is InChI=1S/C22H20ClNO2/c1-16-6-8-17(9-7-16)18-10-12-20(13-11-18)26-15-22(25)24-14-19-4-2-3-5-21(19)23/h2-13H,14-15H2,1H3,(H,24,25). The van der Waals surface area contributed by atoms with E-state index in [9.17, 15) is 4.79 Å². The molecule has 0 spiro atoms. The molecule has 0 aliphatic rings. The number of rotatable bonds is 6. The van der Waals surface area contributed by atoms with Crippen molar-refractivity contribution in [2.24, 2.45) is 0 Å². The largest absolute Gasteiger partial charge is 0.484 e.